The summed E-state index contributed by atoms with van der Waals surface area (Å²) < 4.78 is 13.2. The number of H-pyrrole nitrogens is 1. The number of aromatic amines is 1. The number of carbonyl (C=O) groups excluding carboxylic acids is 1. The van der Waals surface area contributed by atoms with E-state index in [1.165, 1.54) is 18.2 Å². The molecular weight excluding hydrogens is 201 g/mol. The van der Waals surface area contributed by atoms with Crippen molar-refractivity contribution >= 4 is 23.2 Å². The van der Waals surface area contributed by atoms with Crippen molar-refractivity contribution in [3.8, 4) is 0 Å². The molecule has 0 spiro atoms. The van der Waals surface area contributed by atoms with Gasteiger partial charge in [-0.15, -0.1) is 0 Å². The molecule has 0 aliphatic rings. The standard InChI is InChI=1S/C10H6FNO3/c11-6-3-1-2-5-8(10(14)15)7(4-13)12-9(5)6/h1-4,12H,(H,14,15). The van der Waals surface area contributed by atoms with Gasteiger partial charge in [0, 0.05) is 5.39 Å². The Morgan fingerprint density at radius 2 is 2.20 bits per heavy atom. The van der Waals surface area contributed by atoms with Gasteiger partial charge in [0.25, 0.3) is 0 Å². The van der Waals surface area contributed by atoms with Crippen molar-refractivity contribution in [1.82, 2.24) is 4.98 Å². The van der Waals surface area contributed by atoms with E-state index in [4.69, 9.17) is 5.11 Å². The van der Waals surface area contributed by atoms with Gasteiger partial charge in [-0.05, 0) is 6.07 Å². The van der Waals surface area contributed by atoms with Gasteiger partial charge in [-0.2, -0.15) is 0 Å². The van der Waals surface area contributed by atoms with Gasteiger partial charge in [-0.3, -0.25) is 4.79 Å². The van der Waals surface area contributed by atoms with Gasteiger partial charge in [-0.1, -0.05) is 12.1 Å². The molecule has 2 rings (SSSR count). The van der Waals surface area contributed by atoms with Crippen LogP contribution >= 0.6 is 0 Å². The van der Waals surface area contributed by atoms with E-state index in [0.717, 1.165) is 0 Å². The second kappa shape index (κ2) is 3.20. The molecule has 0 saturated carbocycles. The predicted molar refractivity (Wildman–Crippen MR) is 50.6 cm³/mol. The Balaban J connectivity index is 2.92. The van der Waals surface area contributed by atoms with Crippen LogP contribution < -0.4 is 0 Å². The Labute approximate surface area is 83.3 Å². The molecule has 0 atom stereocenters. The van der Waals surface area contributed by atoms with Crippen LogP contribution in [0, 0.1) is 5.82 Å². The van der Waals surface area contributed by atoms with E-state index in [1.807, 2.05) is 0 Å². The van der Waals surface area contributed by atoms with Gasteiger partial charge in [0.15, 0.2) is 6.29 Å². The number of carbonyl (C=O) groups is 2. The lowest BCUT2D eigenvalue weighted by Gasteiger charge is -1.92. The number of aldehydes is 1. The van der Waals surface area contributed by atoms with Crippen LogP contribution in [0.5, 0.6) is 0 Å². The monoisotopic (exact) mass is 207 g/mol. The van der Waals surface area contributed by atoms with Crippen LogP contribution in [-0.4, -0.2) is 22.3 Å². The maximum Gasteiger partial charge on any atom is 0.338 e. The van der Waals surface area contributed by atoms with Gasteiger partial charge in [0.2, 0.25) is 0 Å². The summed E-state index contributed by atoms with van der Waals surface area (Å²) in [7, 11) is 0. The predicted octanol–water partition coefficient (Wildman–Crippen LogP) is 1.82. The Hall–Kier alpha value is -2.17. The fourth-order valence-electron chi connectivity index (χ4n) is 1.52. The fraction of sp³-hybridized carbons (Fsp3) is 0. The molecule has 0 radical (unpaired) electrons. The average molecular weight is 207 g/mol. The molecule has 2 N–H and O–H groups in total. The zero-order chi connectivity index (χ0) is 11.0. The number of halogens is 1. The van der Waals surface area contributed by atoms with Crippen LogP contribution in [0.3, 0.4) is 0 Å². The first-order chi connectivity index (χ1) is 7.15. The minimum absolute atomic E-state index is 0.0389. The van der Waals surface area contributed by atoms with Gasteiger partial charge < -0.3 is 10.1 Å². The fourth-order valence-corrected chi connectivity index (χ4v) is 1.52. The summed E-state index contributed by atoms with van der Waals surface area (Å²) in [5.41, 5.74) is -0.279. The Kier molecular flexibility index (Phi) is 2.00. The molecule has 0 bridgehead atoms. The molecule has 5 heteroatoms. The summed E-state index contributed by atoms with van der Waals surface area (Å²) in [6, 6.07) is 4.04. The smallest absolute Gasteiger partial charge is 0.338 e. The molecule has 0 saturated heterocycles. The van der Waals surface area contributed by atoms with Crippen LogP contribution in [-0.2, 0) is 0 Å². The van der Waals surface area contributed by atoms with Crippen molar-refractivity contribution in [3.05, 3.63) is 35.3 Å². The third kappa shape index (κ3) is 1.28. The first-order valence-corrected chi connectivity index (χ1v) is 4.14. The highest BCUT2D eigenvalue weighted by Crippen LogP contribution is 2.23. The SMILES string of the molecule is O=Cc1[nH]c2c(F)cccc2c1C(=O)O. The maximum atomic E-state index is 13.2. The zero-order valence-corrected chi connectivity index (χ0v) is 7.45. The molecule has 1 aromatic carbocycles. The summed E-state index contributed by atoms with van der Waals surface area (Å²) >= 11 is 0. The number of hydrogen-bond acceptors (Lipinski definition) is 2. The maximum absolute atomic E-state index is 13.2. The normalized spacial score (nSPS) is 10.5. The summed E-state index contributed by atoms with van der Waals surface area (Å²) in [5.74, 6) is -1.84. The number of hydrogen-bond donors (Lipinski definition) is 2. The van der Waals surface area contributed by atoms with E-state index < -0.39 is 11.8 Å². The third-order valence-electron chi connectivity index (χ3n) is 2.14. The van der Waals surface area contributed by atoms with Crippen molar-refractivity contribution in [2.45, 2.75) is 0 Å². The van der Waals surface area contributed by atoms with E-state index >= 15 is 0 Å². The molecule has 0 aliphatic carbocycles. The summed E-state index contributed by atoms with van der Waals surface area (Å²) in [5, 5.41) is 9.07. The molecule has 15 heavy (non-hydrogen) atoms. The molecule has 1 heterocycles. The molecule has 2 aromatic rings. The Morgan fingerprint density at radius 3 is 2.80 bits per heavy atom. The number of carboxylic acids is 1. The highest BCUT2D eigenvalue weighted by atomic mass is 19.1. The molecule has 1 aromatic heterocycles. The topological polar surface area (TPSA) is 70.2 Å². The quantitative estimate of drug-likeness (QED) is 0.738. The van der Waals surface area contributed by atoms with Crippen LogP contribution in [0.1, 0.15) is 20.8 Å². The lowest BCUT2D eigenvalue weighted by Crippen LogP contribution is -1.99. The van der Waals surface area contributed by atoms with E-state index in [2.05, 4.69) is 4.98 Å². The Bertz CT molecular complexity index is 559. The molecule has 4 nitrogen and oxygen atoms in total. The Morgan fingerprint density at radius 1 is 1.47 bits per heavy atom. The molecule has 76 valence electrons. The minimum atomic E-state index is -1.26. The molecule has 0 aliphatic heterocycles. The number of carboxylic acid groups (broad SMARTS) is 1. The van der Waals surface area contributed by atoms with Crippen molar-refractivity contribution in [2.75, 3.05) is 0 Å². The number of fused-ring (bicyclic) bond motifs is 1. The van der Waals surface area contributed by atoms with Crippen LogP contribution in [0.25, 0.3) is 10.9 Å². The number of aromatic nitrogens is 1. The zero-order valence-electron chi connectivity index (χ0n) is 7.45. The van der Waals surface area contributed by atoms with Gasteiger partial charge in [-0.25, -0.2) is 9.18 Å². The lowest BCUT2D eigenvalue weighted by atomic mass is 10.1. The molecule has 0 fully saturated rings. The first-order valence-electron chi connectivity index (χ1n) is 4.14. The lowest BCUT2D eigenvalue weighted by molar-refractivity contribution is 0.0696. The molecule has 0 unspecified atom stereocenters. The van der Waals surface area contributed by atoms with E-state index in [-0.39, 0.29) is 22.2 Å². The molecule has 0 amide bonds. The summed E-state index contributed by atoms with van der Waals surface area (Å²) in [6.45, 7) is 0. The van der Waals surface area contributed by atoms with Gasteiger partial charge in [0.1, 0.15) is 5.82 Å². The van der Waals surface area contributed by atoms with E-state index in [1.54, 1.807) is 0 Å². The minimum Gasteiger partial charge on any atom is -0.478 e. The number of para-hydroxylation sites is 1. The summed E-state index contributed by atoms with van der Waals surface area (Å²) in [6.07, 6.45) is 0.364. The van der Waals surface area contributed by atoms with Crippen molar-refractivity contribution in [3.63, 3.8) is 0 Å². The number of nitrogens with one attached hydrogen (secondary N) is 1. The van der Waals surface area contributed by atoms with Crippen molar-refractivity contribution in [2.24, 2.45) is 0 Å². The average Bonchev–Trinajstić information content (AvgIpc) is 2.57. The number of rotatable bonds is 2. The van der Waals surface area contributed by atoms with Gasteiger partial charge in [0.05, 0.1) is 16.8 Å². The van der Waals surface area contributed by atoms with E-state index in [9.17, 15) is 14.0 Å². The third-order valence-corrected chi connectivity index (χ3v) is 2.14. The first kappa shape index (κ1) is 9.39. The van der Waals surface area contributed by atoms with Crippen molar-refractivity contribution in [1.29, 1.82) is 0 Å². The molecular formula is C10H6FNO3. The van der Waals surface area contributed by atoms with E-state index in [0.29, 0.717) is 6.29 Å². The van der Waals surface area contributed by atoms with Crippen molar-refractivity contribution < 1.29 is 19.1 Å². The number of benzene rings is 1. The van der Waals surface area contributed by atoms with Gasteiger partial charge >= 0.3 is 5.97 Å². The second-order valence-electron chi connectivity index (χ2n) is 3.00. The summed E-state index contributed by atoms with van der Waals surface area (Å²) in [4.78, 5) is 23.9. The second-order valence-corrected chi connectivity index (χ2v) is 3.00. The van der Waals surface area contributed by atoms with Crippen LogP contribution in [0.2, 0.25) is 0 Å². The van der Waals surface area contributed by atoms with Crippen LogP contribution in [0.4, 0.5) is 4.39 Å². The highest BCUT2D eigenvalue weighted by Gasteiger charge is 2.18. The highest BCUT2D eigenvalue weighted by molar-refractivity contribution is 6.09. The largest absolute Gasteiger partial charge is 0.478 e. The van der Waals surface area contributed by atoms with Crippen LogP contribution in [0.15, 0.2) is 18.2 Å². The number of aromatic carboxylic acids is 1.